The lowest BCUT2D eigenvalue weighted by Gasteiger charge is -2.07. The lowest BCUT2D eigenvalue weighted by molar-refractivity contribution is 0.103. The van der Waals surface area contributed by atoms with E-state index in [0.717, 1.165) is 16.5 Å². The summed E-state index contributed by atoms with van der Waals surface area (Å²) in [4.78, 5) is 12.8. The molecule has 0 atom stereocenters. The third kappa shape index (κ3) is 2.02. The fourth-order valence-electron chi connectivity index (χ4n) is 2.65. The van der Waals surface area contributed by atoms with Gasteiger partial charge in [0.15, 0.2) is 0 Å². The number of nitrogens with zero attached hydrogens (tertiary/aromatic N) is 2. The van der Waals surface area contributed by atoms with Gasteiger partial charge in [-0.05, 0) is 30.7 Å². The largest absolute Gasteiger partial charge is 0.341 e. The van der Waals surface area contributed by atoms with Gasteiger partial charge in [0.05, 0.1) is 11.3 Å². The molecular formula is C18H14N2O. The predicted octanol–water partition coefficient (Wildman–Crippen LogP) is 3.59. The number of carbonyl (C=O) groups is 1. The molecule has 0 radical (unpaired) electrons. The van der Waals surface area contributed by atoms with Crippen LogP contribution in [0.3, 0.4) is 0 Å². The Morgan fingerprint density at radius 2 is 1.90 bits per heavy atom. The SMILES string of the molecule is Cc1cccc(C(=O)c2cc3ccccc3n2C)c1C#N. The van der Waals surface area contributed by atoms with E-state index in [4.69, 9.17) is 0 Å². The van der Waals surface area contributed by atoms with Crippen LogP contribution in [0.1, 0.15) is 27.2 Å². The average molecular weight is 274 g/mol. The van der Waals surface area contributed by atoms with E-state index in [-0.39, 0.29) is 5.78 Å². The molecule has 0 spiro atoms. The minimum atomic E-state index is -0.117. The van der Waals surface area contributed by atoms with E-state index in [1.165, 1.54) is 0 Å². The number of fused-ring (bicyclic) bond motifs is 1. The predicted molar refractivity (Wildman–Crippen MR) is 82.2 cm³/mol. The van der Waals surface area contributed by atoms with Crippen molar-refractivity contribution in [2.45, 2.75) is 6.92 Å². The standard InChI is InChI=1S/C18H14N2O/c1-12-6-5-8-14(15(12)11-19)18(21)17-10-13-7-3-4-9-16(13)20(17)2/h3-10H,1-2H3. The molecule has 1 heterocycles. The summed E-state index contributed by atoms with van der Waals surface area (Å²) in [6.07, 6.45) is 0. The Morgan fingerprint density at radius 1 is 1.14 bits per heavy atom. The van der Waals surface area contributed by atoms with Gasteiger partial charge in [-0.3, -0.25) is 4.79 Å². The zero-order chi connectivity index (χ0) is 15.0. The summed E-state index contributed by atoms with van der Waals surface area (Å²) in [6.45, 7) is 1.84. The van der Waals surface area contributed by atoms with E-state index in [1.807, 2.05) is 61.0 Å². The van der Waals surface area contributed by atoms with Crippen molar-refractivity contribution in [2.24, 2.45) is 7.05 Å². The maximum Gasteiger partial charge on any atom is 0.210 e. The van der Waals surface area contributed by atoms with Gasteiger partial charge in [-0.25, -0.2) is 0 Å². The Bertz CT molecular complexity index is 897. The van der Waals surface area contributed by atoms with Crippen molar-refractivity contribution in [2.75, 3.05) is 0 Å². The van der Waals surface area contributed by atoms with Crippen LogP contribution >= 0.6 is 0 Å². The van der Waals surface area contributed by atoms with Crippen LogP contribution in [0.15, 0.2) is 48.5 Å². The third-order valence-electron chi connectivity index (χ3n) is 3.81. The molecule has 21 heavy (non-hydrogen) atoms. The molecule has 0 amide bonds. The van der Waals surface area contributed by atoms with E-state index < -0.39 is 0 Å². The van der Waals surface area contributed by atoms with Gasteiger partial charge in [-0.1, -0.05) is 30.3 Å². The normalized spacial score (nSPS) is 10.5. The molecule has 0 aliphatic heterocycles. The summed E-state index contributed by atoms with van der Waals surface area (Å²) >= 11 is 0. The zero-order valence-electron chi connectivity index (χ0n) is 11.9. The number of nitriles is 1. The van der Waals surface area contributed by atoms with Gasteiger partial charge >= 0.3 is 0 Å². The fourth-order valence-corrected chi connectivity index (χ4v) is 2.65. The second kappa shape index (κ2) is 4.92. The molecule has 0 bridgehead atoms. The highest BCUT2D eigenvalue weighted by atomic mass is 16.1. The van der Waals surface area contributed by atoms with Gasteiger partial charge in [0, 0.05) is 23.5 Å². The van der Waals surface area contributed by atoms with Crippen LogP contribution in [0.2, 0.25) is 0 Å². The first-order valence-electron chi connectivity index (χ1n) is 6.72. The number of ketones is 1. The third-order valence-corrected chi connectivity index (χ3v) is 3.81. The van der Waals surface area contributed by atoms with Gasteiger partial charge in [0.2, 0.25) is 5.78 Å². The Hall–Kier alpha value is -2.86. The molecule has 0 fully saturated rings. The van der Waals surface area contributed by atoms with E-state index in [2.05, 4.69) is 6.07 Å². The summed E-state index contributed by atoms with van der Waals surface area (Å²) in [5, 5.41) is 10.3. The Labute approximate surface area is 123 Å². The number of hydrogen-bond acceptors (Lipinski definition) is 2. The Kier molecular flexibility index (Phi) is 3.08. The van der Waals surface area contributed by atoms with E-state index >= 15 is 0 Å². The summed E-state index contributed by atoms with van der Waals surface area (Å²) < 4.78 is 1.88. The van der Waals surface area contributed by atoms with Gasteiger partial charge in [-0.15, -0.1) is 0 Å². The second-order valence-electron chi connectivity index (χ2n) is 5.09. The van der Waals surface area contributed by atoms with Crippen molar-refractivity contribution < 1.29 is 4.79 Å². The number of hydrogen-bond donors (Lipinski definition) is 0. The second-order valence-corrected chi connectivity index (χ2v) is 5.09. The summed E-state index contributed by atoms with van der Waals surface area (Å²) in [5.74, 6) is -0.117. The molecule has 0 saturated heterocycles. The highest BCUT2D eigenvalue weighted by Gasteiger charge is 2.19. The topological polar surface area (TPSA) is 45.8 Å². The number of aromatic nitrogens is 1. The first kappa shape index (κ1) is 13.1. The molecule has 1 aromatic heterocycles. The molecule has 0 N–H and O–H groups in total. The molecule has 3 heteroatoms. The minimum Gasteiger partial charge on any atom is -0.341 e. The van der Waals surface area contributed by atoms with Crippen molar-refractivity contribution in [3.63, 3.8) is 0 Å². The molecule has 3 nitrogen and oxygen atoms in total. The fraction of sp³-hybridized carbons (Fsp3) is 0.111. The molecule has 0 aliphatic rings. The lowest BCUT2D eigenvalue weighted by Crippen LogP contribution is -2.09. The number of para-hydroxylation sites is 1. The quantitative estimate of drug-likeness (QED) is 0.670. The number of carbonyl (C=O) groups excluding carboxylic acids is 1. The van der Waals surface area contributed by atoms with Gasteiger partial charge < -0.3 is 4.57 Å². The van der Waals surface area contributed by atoms with Crippen molar-refractivity contribution in [1.29, 1.82) is 5.26 Å². The van der Waals surface area contributed by atoms with Crippen LogP contribution in [0.5, 0.6) is 0 Å². The number of rotatable bonds is 2. The first-order chi connectivity index (χ1) is 10.1. The van der Waals surface area contributed by atoms with Gasteiger partial charge in [0.1, 0.15) is 6.07 Å². The van der Waals surface area contributed by atoms with Crippen LogP contribution in [-0.4, -0.2) is 10.4 Å². The maximum absolute atomic E-state index is 12.8. The smallest absolute Gasteiger partial charge is 0.210 e. The highest BCUT2D eigenvalue weighted by Crippen LogP contribution is 2.23. The zero-order valence-corrected chi connectivity index (χ0v) is 11.9. The summed E-state index contributed by atoms with van der Waals surface area (Å²) in [7, 11) is 1.87. The highest BCUT2D eigenvalue weighted by molar-refractivity contribution is 6.12. The van der Waals surface area contributed by atoms with Crippen LogP contribution in [0, 0.1) is 18.3 Å². The monoisotopic (exact) mass is 274 g/mol. The van der Waals surface area contributed by atoms with Crippen LogP contribution in [-0.2, 0) is 7.05 Å². The minimum absolute atomic E-state index is 0.117. The summed E-state index contributed by atoms with van der Waals surface area (Å²) in [6, 6.07) is 17.2. The van der Waals surface area contributed by atoms with Crippen LogP contribution in [0.4, 0.5) is 0 Å². The van der Waals surface area contributed by atoms with E-state index in [1.54, 1.807) is 6.07 Å². The lowest BCUT2D eigenvalue weighted by atomic mass is 9.98. The maximum atomic E-state index is 12.8. The summed E-state index contributed by atoms with van der Waals surface area (Å²) in [5.41, 5.74) is 3.34. The Morgan fingerprint density at radius 3 is 2.62 bits per heavy atom. The average Bonchev–Trinajstić information content (AvgIpc) is 2.84. The Balaban J connectivity index is 2.20. The number of benzene rings is 2. The molecule has 2 aromatic carbocycles. The molecule has 3 rings (SSSR count). The van der Waals surface area contributed by atoms with Crippen LogP contribution < -0.4 is 0 Å². The molecule has 0 aliphatic carbocycles. The first-order valence-corrected chi connectivity index (χ1v) is 6.72. The van der Waals surface area contributed by atoms with Crippen molar-refractivity contribution in [3.05, 3.63) is 70.9 Å². The van der Waals surface area contributed by atoms with Crippen molar-refractivity contribution in [3.8, 4) is 6.07 Å². The molecule has 3 aromatic rings. The van der Waals surface area contributed by atoms with Crippen molar-refractivity contribution in [1.82, 2.24) is 4.57 Å². The van der Waals surface area contributed by atoms with E-state index in [9.17, 15) is 10.1 Å². The molecule has 0 unspecified atom stereocenters. The number of aryl methyl sites for hydroxylation is 2. The van der Waals surface area contributed by atoms with Gasteiger partial charge in [0.25, 0.3) is 0 Å². The van der Waals surface area contributed by atoms with Crippen molar-refractivity contribution >= 4 is 16.7 Å². The molecular weight excluding hydrogens is 260 g/mol. The molecule has 0 saturated carbocycles. The van der Waals surface area contributed by atoms with E-state index in [0.29, 0.717) is 16.8 Å². The van der Waals surface area contributed by atoms with Crippen LogP contribution in [0.25, 0.3) is 10.9 Å². The molecule has 102 valence electrons. The van der Waals surface area contributed by atoms with Gasteiger partial charge in [-0.2, -0.15) is 5.26 Å².